The predicted octanol–water partition coefficient (Wildman–Crippen LogP) is 4.63. The van der Waals surface area contributed by atoms with E-state index >= 15 is 0 Å². The van der Waals surface area contributed by atoms with Crippen molar-refractivity contribution < 1.29 is 4.79 Å². The van der Waals surface area contributed by atoms with Crippen LogP contribution in [0.5, 0.6) is 0 Å². The number of carbonyl (C=O) groups is 1. The lowest BCUT2D eigenvalue weighted by Gasteiger charge is -2.30. The molecule has 3 rings (SSSR count). The Kier molecular flexibility index (Phi) is 3.68. The molecule has 2 aromatic rings. The summed E-state index contributed by atoms with van der Waals surface area (Å²) in [7, 11) is 0. The molecule has 0 radical (unpaired) electrons. The molecule has 0 spiro atoms. The molecule has 1 aliphatic rings. The third-order valence-corrected chi connectivity index (χ3v) is 4.58. The number of ketones is 1. The number of carbonyl (C=O) groups excluding carboxylic acids is 1. The Morgan fingerprint density at radius 1 is 1.05 bits per heavy atom. The Hall–Kier alpha value is -1.89. The summed E-state index contributed by atoms with van der Waals surface area (Å²) in [4.78, 5) is 12.4. The summed E-state index contributed by atoms with van der Waals surface area (Å²) in [6.07, 6.45) is 2.89. The van der Waals surface area contributed by atoms with E-state index in [1.165, 1.54) is 11.1 Å². The first kappa shape index (κ1) is 13.1. The van der Waals surface area contributed by atoms with Gasteiger partial charge in [-0.1, -0.05) is 61.5 Å². The van der Waals surface area contributed by atoms with Gasteiger partial charge in [-0.3, -0.25) is 4.79 Å². The van der Waals surface area contributed by atoms with Gasteiger partial charge in [0.2, 0.25) is 0 Å². The second-order valence-electron chi connectivity index (χ2n) is 5.78. The fraction of sp³-hybridized carbons (Fsp3) is 0.316. The van der Waals surface area contributed by atoms with Gasteiger partial charge in [0.05, 0.1) is 0 Å². The Morgan fingerprint density at radius 2 is 1.75 bits per heavy atom. The second kappa shape index (κ2) is 5.62. The standard InChI is InChI=1S/C19H20O/c1-14-17(12-11-15-7-5-6-10-18(14)15)13-19(20)16-8-3-2-4-9-16/h2-10,14,17H,11-13H2,1H3/t14-,17+/m1/s1. The largest absolute Gasteiger partial charge is 0.294 e. The van der Waals surface area contributed by atoms with Crippen molar-refractivity contribution in [3.63, 3.8) is 0 Å². The lowest BCUT2D eigenvalue weighted by atomic mass is 9.74. The van der Waals surface area contributed by atoms with Crippen molar-refractivity contribution in [1.29, 1.82) is 0 Å². The highest BCUT2D eigenvalue weighted by atomic mass is 16.1. The highest BCUT2D eigenvalue weighted by molar-refractivity contribution is 5.96. The highest BCUT2D eigenvalue weighted by Crippen LogP contribution is 2.38. The molecule has 2 aromatic carbocycles. The first-order valence-corrected chi connectivity index (χ1v) is 7.42. The summed E-state index contributed by atoms with van der Waals surface area (Å²) in [5, 5.41) is 0. The number of hydrogen-bond acceptors (Lipinski definition) is 1. The fourth-order valence-corrected chi connectivity index (χ4v) is 3.31. The first-order chi connectivity index (χ1) is 9.75. The van der Waals surface area contributed by atoms with Gasteiger partial charge in [-0.15, -0.1) is 0 Å². The predicted molar refractivity (Wildman–Crippen MR) is 82.1 cm³/mol. The zero-order chi connectivity index (χ0) is 13.9. The highest BCUT2D eigenvalue weighted by Gasteiger charge is 2.27. The van der Waals surface area contributed by atoms with Gasteiger partial charge in [0.25, 0.3) is 0 Å². The molecule has 0 aromatic heterocycles. The van der Waals surface area contributed by atoms with E-state index in [0.717, 1.165) is 18.4 Å². The minimum atomic E-state index is 0.279. The van der Waals surface area contributed by atoms with E-state index in [0.29, 0.717) is 18.3 Å². The molecule has 0 unspecified atom stereocenters. The van der Waals surface area contributed by atoms with Crippen LogP contribution in [-0.2, 0) is 6.42 Å². The SMILES string of the molecule is C[C@H]1c2ccccc2CC[C@H]1CC(=O)c1ccccc1. The normalized spacial score (nSPS) is 21.2. The number of aryl methyl sites for hydroxylation is 1. The molecule has 0 N–H and O–H groups in total. The summed E-state index contributed by atoms with van der Waals surface area (Å²) < 4.78 is 0. The van der Waals surface area contributed by atoms with Crippen LogP contribution in [0.2, 0.25) is 0 Å². The van der Waals surface area contributed by atoms with Crippen molar-refractivity contribution in [3.05, 3.63) is 71.3 Å². The second-order valence-corrected chi connectivity index (χ2v) is 5.78. The van der Waals surface area contributed by atoms with Crippen LogP contribution in [-0.4, -0.2) is 5.78 Å². The molecule has 0 bridgehead atoms. The van der Waals surface area contributed by atoms with Crippen LogP contribution >= 0.6 is 0 Å². The number of hydrogen-bond donors (Lipinski definition) is 0. The number of fused-ring (bicyclic) bond motifs is 1. The molecular formula is C19H20O. The lowest BCUT2D eigenvalue weighted by Crippen LogP contribution is -2.21. The fourth-order valence-electron chi connectivity index (χ4n) is 3.31. The molecule has 1 aliphatic carbocycles. The van der Waals surface area contributed by atoms with Gasteiger partial charge in [-0.25, -0.2) is 0 Å². The molecule has 1 nitrogen and oxygen atoms in total. The average Bonchev–Trinajstić information content (AvgIpc) is 2.51. The van der Waals surface area contributed by atoms with Crippen molar-refractivity contribution >= 4 is 5.78 Å². The summed E-state index contributed by atoms with van der Waals surface area (Å²) >= 11 is 0. The molecule has 2 atom stereocenters. The van der Waals surface area contributed by atoms with Gasteiger partial charge in [-0.2, -0.15) is 0 Å². The molecule has 0 aliphatic heterocycles. The van der Waals surface area contributed by atoms with Gasteiger partial charge in [0.1, 0.15) is 0 Å². The van der Waals surface area contributed by atoms with Crippen molar-refractivity contribution in [2.24, 2.45) is 5.92 Å². The van der Waals surface area contributed by atoms with Crippen molar-refractivity contribution in [3.8, 4) is 0 Å². The first-order valence-electron chi connectivity index (χ1n) is 7.42. The Labute approximate surface area is 120 Å². The number of benzene rings is 2. The minimum Gasteiger partial charge on any atom is -0.294 e. The third-order valence-electron chi connectivity index (χ3n) is 4.58. The van der Waals surface area contributed by atoms with Crippen molar-refractivity contribution in [2.45, 2.75) is 32.1 Å². The number of rotatable bonds is 3. The molecular weight excluding hydrogens is 244 g/mol. The molecule has 0 fully saturated rings. The van der Waals surface area contributed by atoms with Gasteiger partial charge in [0.15, 0.2) is 5.78 Å². The van der Waals surface area contributed by atoms with Gasteiger partial charge in [0, 0.05) is 12.0 Å². The summed E-state index contributed by atoms with van der Waals surface area (Å²) in [6, 6.07) is 18.3. The Morgan fingerprint density at radius 3 is 2.55 bits per heavy atom. The maximum absolute atomic E-state index is 12.4. The zero-order valence-electron chi connectivity index (χ0n) is 11.9. The molecule has 20 heavy (non-hydrogen) atoms. The summed E-state index contributed by atoms with van der Waals surface area (Å²) in [5.41, 5.74) is 3.74. The lowest BCUT2D eigenvalue weighted by molar-refractivity contribution is 0.0950. The van der Waals surface area contributed by atoms with E-state index in [9.17, 15) is 4.79 Å². The van der Waals surface area contributed by atoms with E-state index in [1.807, 2.05) is 30.3 Å². The van der Waals surface area contributed by atoms with Crippen LogP contribution in [0.3, 0.4) is 0 Å². The van der Waals surface area contributed by atoms with Crippen LogP contribution in [0.1, 0.15) is 47.2 Å². The average molecular weight is 264 g/mol. The van der Waals surface area contributed by atoms with E-state index in [2.05, 4.69) is 31.2 Å². The summed E-state index contributed by atoms with van der Waals surface area (Å²) in [5.74, 6) is 1.23. The Balaban J connectivity index is 1.75. The van der Waals surface area contributed by atoms with E-state index in [4.69, 9.17) is 0 Å². The van der Waals surface area contributed by atoms with Crippen molar-refractivity contribution in [2.75, 3.05) is 0 Å². The quantitative estimate of drug-likeness (QED) is 0.739. The van der Waals surface area contributed by atoms with Crippen LogP contribution in [0.4, 0.5) is 0 Å². The Bertz CT molecular complexity index is 600. The van der Waals surface area contributed by atoms with Gasteiger partial charge < -0.3 is 0 Å². The molecule has 1 heteroatoms. The molecule has 0 heterocycles. The molecule has 0 saturated heterocycles. The van der Waals surface area contributed by atoms with Gasteiger partial charge in [-0.05, 0) is 35.8 Å². The monoisotopic (exact) mass is 264 g/mol. The maximum Gasteiger partial charge on any atom is 0.163 e. The minimum absolute atomic E-state index is 0.279. The third kappa shape index (κ3) is 2.53. The van der Waals surface area contributed by atoms with Crippen molar-refractivity contribution in [1.82, 2.24) is 0 Å². The summed E-state index contributed by atoms with van der Waals surface area (Å²) in [6.45, 7) is 2.26. The number of Topliss-reactive ketones (excluding diaryl/α,β-unsaturated/α-hetero) is 1. The van der Waals surface area contributed by atoms with Gasteiger partial charge >= 0.3 is 0 Å². The zero-order valence-corrected chi connectivity index (χ0v) is 11.9. The van der Waals surface area contributed by atoms with Crippen LogP contribution in [0.25, 0.3) is 0 Å². The maximum atomic E-state index is 12.4. The van der Waals surface area contributed by atoms with E-state index in [1.54, 1.807) is 0 Å². The van der Waals surface area contributed by atoms with Crippen LogP contribution in [0.15, 0.2) is 54.6 Å². The molecule has 0 saturated carbocycles. The van der Waals surface area contributed by atoms with Crippen LogP contribution < -0.4 is 0 Å². The molecule has 102 valence electrons. The van der Waals surface area contributed by atoms with Crippen LogP contribution in [0, 0.1) is 5.92 Å². The smallest absolute Gasteiger partial charge is 0.163 e. The van der Waals surface area contributed by atoms with E-state index in [-0.39, 0.29) is 5.78 Å². The van der Waals surface area contributed by atoms with E-state index < -0.39 is 0 Å². The molecule has 0 amide bonds. The topological polar surface area (TPSA) is 17.1 Å².